The first-order valence-corrected chi connectivity index (χ1v) is 10.1. The lowest BCUT2D eigenvalue weighted by molar-refractivity contribution is 0.129. The number of aliphatic hydroxyl groups excluding tert-OH is 2. The molecule has 0 radical (unpaired) electrons. The molecule has 0 saturated carbocycles. The number of fused-ring (bicyclic) bond motifs is 3. The Balaban J connectivity index is 1.73. The van der Waals surface area contributed by atoms with E-state index in [9.17, 15) is 5.11 Å². The summed E-state index contributed by atoms with van der Waals surface area (Å²) in [6.45, 7) is 2.37. The lowest BCUT2D eigenvalue weighted by Gasteiger charge is -2.20. The van der Waals surface area contributed by atoms with Crippen LogP contribution in [0.2, 0.25) is 0 Å². The van der Waals surface area contributed by atoms with Gasteiger partial charge in [-0.1, -0.05) is 18.2 Å². The first-order valence-electron chi connectivity index (χ1n) is 9.14. The van der Waals surface area contributed by atoms with Gasteiger partial charge in [0.05, 0.1) is 12.3 Å². The van der Waals surface area contributed by atoms with Crippen LogP contribution < -0.4 is 10.6 Å². The summed E-state index contributed by atoms with van der Waals surface area (Å²) < 4.78 is 2.14. The molecule has 8 heteroatoms. The van der Waals surface area contributed by atoms with Gasteiger partial charge in [0.2, 0.25) is 0 Å². The fraction of sp³-hybridized carbons (Fsp3) is 0.300. The monoisotopic (exact) mass is 397 g/mol. The number of nitrogens with zero attached hydrogens (tertiary/aromatic N) is 3. The zero-order chi connectivity index (χ0) is 19.7. The van der Waals surface area contributed by atoms with E-state index in [1.54, 1.807) is 11.8 Å². The van der Waals surface area contributed by atoms with Crippen LogP contribution >= 0.6 is 11.8 Å². The number of anilines is 1. The molecular weight excluding hydrogens is 374 g/mol. The average molecular weight is 398 g/mol. The molecule has 3 aromatic rings. The Morgan fingerprint density at radius 1 is 1.36 bits per heavy atom. The third-order valence-corrected chi connectivity index (χ3v) is 5.86. The number of hydrogen-bond acceptors (Lipinski definition) is 7. The zero-order valence-corrected chi connectivity index (χ0v) is 16.6. The van der Waals surface area contributed by atoms with Crippen LogP contribution in [0.15, 0.2) is 35.5 Å². The maximum absolute atomic E-state index is 10.2. The van der Waals surface area contributed by atoms with Gasteiger partial charge < -0.3 is 15.5 Å². The van der Waals surface area contributed by atoms with Crippen LogP contribution in [0.4, 0.5) is 5.82 Å². The van der Waals surface area contributed by atoms with E-state index in [2.05, 4.69) is 26.1 Å². The Morgan fingerprint density at radius 2 is 2.21 bits per heavy atom. The highest BCUT2D eigenvalue weighted by Gasteiger charge is 2.21. The van der Waals surface area contributed by atoms with Crippen LogP contribution in [0, 0.1) is 6.92 Å². The molecule has 0 spiro atoms. The third-order valence-electron chi connectivity index (χ3n) is 4.74. The van der Waals surface area contributed by atoms with Crippen LogP contribution in [0.5, 0.6) is 0 Å². The summed E-state index contributed by atoms with van der Waals surface area (Å²) >= 11 is 1.74. The van der Waals surface area contributed by atoms with E-state index in [-0.39, 0.29) is 6.61 Å². The lowest BCUT2D eigenvalue weighted by atomic mass is 10.0. The molecule has 0 fully saturated rings. The van der Waals surface area contributed by atoms with Crippen molar-refractivity contribution in [3.05, 3.63) is 53.0 Å². The van der Waals surface area contributed by atoms with E-state index < -0.39 is 6.23 Å². The zero-order valence-electron chi connectivity index (χ0n) is 15.8. The van der Waals surface area contributed by atoms with Gasteiger partial charge in [-0.15, -0.1) is 11.8 Å². The summed E-state index contributed by atoms with van der Waals surface area (Å²) in [5.41, 5.74) is 5.80. The molecule has 146 valence electrons. The van der Waals surface area contributed by atoms with Crippen molar-refractivity contribution in [2.75, 3.05) is 31.3 Å². The van der Waals surface area contributed by atoms with Gasteiger partial charge >= 0.3 is 0 Å². The lowest BCUT2D eigenvalue weighted by Crippen LogP contribution is -2.24. The Labute approximate surface area is 167 Å². The van der Waals surface area contributed by atoms with Crippen LogP contribution in [0.3, 0.4) is 0 Å². The molecule has 28 heavy (non-hydrogen) atoms. The molecule has 1 unspecified atom stereocenters. The standard InChI is InChI=1S/C20H23N5O2S/c1-12-10-23-18-17(21-2)24-16-9-15(11-28-20(16)25(12)18)13-4-3-5-14(8-13)19(27)22-6-7-26/h3-5,8-10,19,22,26-27H,6-7,11H2,1-2H3,(H,21,24). The molecule has 0 aliphatic carbocycles. The van der Waals surface area contributed by atoms with E-state index in [4.69, 9.17) is 10.1 Å². The van der Waals surface area contributed by atoms with Crippen molar-refractivity contribution >= 4 is 34.9 Å². The predicted molar refractivity (Wildman–Crippen MR) is 112 cm³/mol. The molecule has 1 aliphatic heterocycles. The van der Waals surface area contributed by atoms with Crippen LogP contribution in [-0.2, 0) is 0 Å². The quantitative estimate of drug-likeness (QED) is 0.474. The third kappa shape index (κ3) is 3.40. The second-order valence-corrected chi connectivity index (χ2v) is 7.59. The second-order valence-electron chi connectivity index (χ2n) is 6.62. The Morgan fingerprint density at radius 3 is 3.00 bits per heavy atom. The van der Waals surface area contributed by atoms with Crippen LogP contribution in [-0.4, -0.2) is 50.5 Å². The minimum Gasteiger partial charge on any atom is -0.395 e. The summed E-state index contributed by atoms with van der Waals surface area (Å²) in [5.74, 6) is 1.56. The van der Waals surface area contributed by atoms with Gasteiger partial charge in [0.1, 0.15) is 11.3 Å². The van der Waals surface area contributed by atoms with Crippen molar-refractivity contribution in [3.63, 3.8) is 0 Å². The number of rotatable bonds is 6. The van der Waals surface area contributed by atoms with Crippen molar-refractivity contribution in [3.8, 4) is 0 Å². The van der Waals surface area contributed by atoms with Crippen LogP contribution in [0.1, 0.15) is 28.7 Å². The highest BCUT2D eigenvalue weighted by atomic mass is 32.2. The van der Waals surface area contributed by atoms with E-state index in [1.165, 1.54) is 0 Å². The van der Waals surface area contributed by atoms with Crippen molar-refractivity contribution in [2.24, 2.45) is 0 Å². The van der Waals surface area contributed by atoms with Gasteiger partial charge in [-0.05, 0) is 35.8 Å². The molecule has 1 aliphatic rings. The average Bonchev–Trinajstić information content (AvgIpc) is 3.13. The Kier molecular flexibility index (Phi) is 5.36. The Hall–Kier alpha value is -2.39. The van der Waals surface area contributed by atoms with Crippen molar-refractivity contribution < 1.29 is 10.2 Å². The molecule has 0 amide bonds. The number of benzene rings is 1. The molecular formula is C20H23N5O2S. The molecule has 1 atom stereocenters. The smallest absolute Gasteiger partial charge is 0.181 e. The molecule has 7 nitrogen and oxygen atoms in total. The number of aromatic nitrogens is 3. The SMILES string of the molecule is CNc1nc2c(n3c(C)cnc13)SCC(c1cccc(C(O)NCCO)c1)=C2. The van der Waals surface area contributed by atoms with Gasteiger partial charge in [0.25, 0.3) is 0 Å². The highest BCUT2D eigenvalue weighted by molar-refractivity contribution is 7.99. The maximum Gasteiger partial charge on any atom is 0.181 e. The number of thioether (sulfide) groups is 1. The molecule has 3 heterocycles. The molecule has 1 aromatic carbocycles. The highest BCUT2D eigenvalue weighted by Crippen LogP contribution is 2.37. The fourth-order valence-electron chi connectivity index (χ4n) is 3.34. The molecule has 2 aromatic heterocycles. The number of aryl methyl sites for hydroxylation is 1. The number of aliphatic hydroxyl groups is 2. The van der Waals surface area contributed by atoms with Gasteiger partial charge in [0.15, 0.2) is 11.5 Å². The summed E-state index contributed by atoms with van der Waals surface area (Å²) in [5, 5.41) is 26.3. The minimum atomic E-state index is -0.807. The van der Waals surface area contributed by atoms with Gasteiger partial charge in [0, 0.05) is 31.2 Å². The minimum absolute atomic E-state index is 0.0169. The van der Waals surface area contributed by atoms with Gasteiger partial charge in [-0.3, -0.25) is 9.72 Å². The number of hydrogen-bond donors (Lipinski definition) is 4. The second kappa shape index (κ2) is 7.92. The first kappa shape index (κ1) is 18.9. The molecule has 4 rings (SSSR count). The topological polar surface area (TPSA) is 94.7 Å². The Bertz CT molecular complexity index is 1050. The molecule has 0 bridgehead atoms. The number of nitrogens with one attached hydrogen (secondary N) is 2. The fourth-order valence-corrected chi connectivity index (χ4v) is 4.49. The molecule has 0 saturated heterocycles. The van der Waals surface area contributed by atoms with Gasteiger partial charge in [-0.25, -0.2) is 9.97 Å². The largest absolute Gasteiger partial charge is 0.395 e. The van der Waals surface area contributed by atoms with Gasteiger partial charge in [-0.2, -0.15) is 0 Å². The maximum atomic E-state index is 10.2. The number of imidazole rings is 1. The van der Waals surface area contributed by atoms with Crippen LogP contribution in [0.25, 0.3) is 17.3 Å². The van der Waals surface area contributed by atoms with E-state index in [1.807, 2.05) is 44.4 Å². The molecule has 4 N–H and O–H groups in total. The summed E-state index contributed by atoms with van der Waals surface area (Å²) in [6.07, 6.45) is 3.17. The van der Waals surface area contributed by atoms with E-state index >= 15 is 0 Å². The van der Waals surface area contributed by atoms with E-state index in [0.717, 1.165) is 50.3 Å². The van der Waals surface area contributed by atoms with Crippen molar-refractivity contribution in [1.82, 2.24) is 19.7 Å². The predicted octanol–water partition coefficient (Wildman–Crippen LogP) is 2.30. The van der Waals surface area contributed by atoms with Crippen molar-refractivity contribution in [2.45, 2.75) is 18.2 Å². The summed E-state index contributed by atoms with van der Waals surface area (Å²) in [4.78, 5) is 9.25. The van der Waals surface area contributed by atoms with Crippen molar-refractivity contribution in [1.29, 1.82) is 0 Å². The summed E-state index contributed by atoms with van der Waals surface area (Å²) in [6, 6.07) is 7.83. The summed E-state index contributed by atoms with van der Waals surface area (Å²) in [7, 11) is 1.85. The van der Waals surface area contributed by atoms with E-state index in [0.29, 0.717) is 6.54 Å². The first-order chi connectivity index (χ1) is 13.6. The normalized spacial score (nSPS) is 14.6.